The van der Waals surface area contributed by atoms with E-state index in [-0.39, 0.29) is 11.7 Å². The maximum Gasteiger partial charge on any atom is 0.192 e. The van der Waals surface area contributed by atoms with Gasteiger partial charge in [-0.2, -0.15) is 0 Å². The Morgan fingerprint density at radius 1 is 1.19 bits per heavy atom. The lowest BCUT2D eigenvalue weighted by Crippen LogP contribution is -2.37. The van der Waals surface area contributed by atoms with Gasteiger partial charge in [-0.15, -0.1) is 0 Å². The van der Waals surface area contributed by atoms with Crippen LogP contribution in [-0.4, -0.2) is 25.5 Å². The summed E-state index contributed by atoms with van der Waals surface area (Å²) in [6.07, 6.45) is 8.60. The van der Waals surface area contributed by atoms with E-state index in [1.54, 1.807) is 12.4 Å². The molecular formula is C20H33Cl2NO2Si. The van der Waals surface area contributed by atoms with Crippen molar-refractivity contribution in [3.63, 3.8) is 0 Å². The molecule has 0 amide bonds. The van der Waals surface area contributed by atoms with E-state index in [4.69, 9.17) is 32.4 Å². The van der Waals surface area contributed by atoms with E-state index in [2.05, 4.69) is 32.7 Å². The van der Waals surface area contributed by atoms with Gasteiger partial charge in [-0.3, -0.25) is 4.98 Å². The van der Waals surface area contributed by atoms with E-state index in [1.807, 2.05) is 0 Å². The Hall–Kier alpha value is -0.133. The van der Waals surface area contributed by atoms with Crippen LogP contribution in [-0.2, 0) is 9.16 Å². The van der Waals surface area contributed by atoms with E-state index < -0.39 is 8.32 Å². The minimum absolute atomic E-state index is 0.0190. The van der Waals surface area contributed by atoms with Crippen molar-refractivity contribution in [2.45, 2.75) is 89.6 Å². The molecule has 2 heterocycles. The molecule has 0 N–H and O–H groups in total. The zero-order valence-electron chi connectivity index (χ0n) is 16.6. The first kappa shape index (κ1) is 22.2. The van der Waals surface area contributed by atoms with Crippen molar-refractivity contribution in [1.82, 2.24) is 4.98 Å². The Bertz CT molecular complexity index is 546. The van der Waals surface area contributed by atoms with Crippen LogP contribution in [0.3, 0.4) is 0 Å². The zero-order valence-corrected chi connectivity index (χ0v) is 19.1. The molecule has 1 aromatic rings. The van der Waals surface area contributed by atoms with Crippen LogP contribution in [0.2, 0.25) is 28.2 Å². The van der Waals surface area contributed by atoms with E-state index >= 15 is 0 Å². The number of nitrogens with zero attached hydrogens (tertiary/aromatic N) is 1. The van der Waals surface area contributed by atoms with Crippen molar-refractivity contribution in [2.24, 2.45) is 0 Å². The van der Waals surface area contributed by atoms with Gasteiger partial charge in [-0.05, 0) is 57.2 Å². The van der Waals surface area contributed by atoms with Gasteiger partial charge in [-0.1, -0.05) is 44.0 Å². The first-order valence-electron chi connectivity index (χ1n) is 9.99. The lowest BCUT2D eigenvalue weighted by atomic mass is 9.94. The minimum atomic E-state index is -1.78. The van der Waals surface area contributed by atoms with Crippen LogP contribution < -0.4 is 0 Å². The van der Waals surface area contributed by atoms with Crippen molar-refractivity contribution >= 4 is 31.5 Å². The first-order valence-corrected chi connectivity index (χ1v) is 13.3. The van der Waals surface area contributed by atoms with Gasteiger partial charge < -0.3 is 9.16 Å². The summed E-state index contributed by atoms with van der Waals surface area (Å²) in [5, 5.41) is 1.22. The molecule has 2 atom stereocenters. The highest BCUT2D eigenvalue weighted by Gasteiger charge is 2.35. The molecule has 1 fully saturated rings. The summed E-state index contributed by atoms with van der Waals surface area (Å²) in [5.74, 6) is 0. The van der Waals surface area contributed by atoms with E-state index in [1.165, 1.54) is 0 Å². The van der Waals surface area contributed by atoms with E-state index in [0.29, 0.717) is 10.0 Å². The van der Waals surface area contributed by atoms with Crippen LogP contribution >= 0.6 is 23.2 Å². The largest absolute Gasteiger partial charge is 0.410 e. The van der Waals surface area contributed by atoms with Gasteiger partial charge in [0.15, 0.2) is 8.32 Å². The van der Waals surface area contributed by atoms with Gasteiger partial charge in [0.25, 0.3) is 0 Å². The first-order chi connectivity index (χ1) is 12.4. The van der Waals surface area contributed by atoms with Crippen molar-refractivity contribution in [3.05, 3.63) is 28.0 Å². The van der Waals surface area contributed by atoms with Crippen LogP contribution in [0.15, 0.2) is 12.4 Å². The number of hydrogen-bond donors (Lipinski definition) is 0. The standard InChI is InChI=1S/C20H33Cl2NO2Si/c1-5-26(6-2,7-3)25-18(19-16(21)14-23-15-17(19)22)10-8-11-20(4)12-9-13-24-20/h14-15,18H,5-13H2,1-4H3/t18?,20-/m0/s1. The average molecular weight is 418 g/mol. The van der Waals surface area contributed by atoms with Crippen LogP contribution in [0.4, 0.5) is 0 Å². The monoisotopic (exact) mass is 417 g/mol. The maximum absolute atomic E-state index is 6.83. The third kappa shape index (κ3) is 5.45. The molecule has 6 heteroatoms. The fourth-order valence-electron chi connectivity index (χ4n) is 3.99. The summed E-state index contributed by atoms with van der Waals surface area (Å²) in [6, 6.07) is 3.33. The van der Waals surface area contributed by atoms with Gasteiger partial charge in [0, 0.05) is 24.6 Å². The number of hydrogen-bond acceptors (Lipinski definition) is 3. The summed E-state index contributed by atoms with van der Waals surface area (Å²) in [4.78, 5) is 4.11. The maximum atomic E-state index is 6.83. The Morgan fingerprint density at radius 3 is 2.31 bits per heavy atom. The third-order valence-electron chi connectivity index (χ3n) is 6.01. The molecule has 0 aliphatic carbocycles. The number of pyridine rings is 1. The van der Waals surface area contributed by atoms with Crippen LogP contribution in [0.5, 0.6) is 0 Å². The zero-order chi connectivity index (χ0) is 19.2. The predicted octanol–water partition coefficient (Wildman–Crippen LogP) is 7.19. The molecule has 0 radical (unpaired) electrons. The van der Waals surface area contributed by atoms with E-state index in [9.17, 15) is 0 Å². The van der Waals surface area contributed by atoms with Gasteiger partial charge in [0.1, 0.15) is 0 Å². The SMILES string of the molecule is CC[Si](CC)(CC)OC(CCC[C@@]1(C)CCCO1)c1c(Cl)cncc1Cl. The van der Waals surface area contributed by atoms with E-state index in [0.717, 1.165) is 62.4 Å². The predicted molar refractivity (Wildman–Crippen MR) is 113 cm³/mol. The van der Waals surface area contributed by atoms with Gasteiger partial charge in [-0.25, -0.2) is 0 Å². The molecule has 3 nitrogen and oxygen atoms in total. The molecule has 0 spiro atoms. The molecule has 0 bridgehead atoms. The fourth-order valence-corrected chi connectivity index (χ4v) is 7.44. The lowest BCUT2D eigenvalue weighted by molar-refractivity contribution is 0.00899. The van der Waals surface area contributed by atoms with Gasteiger partial charge in [0.05, 0.1) is 21.8 Å². The topological polar surface area (TPSA) is 31.4 Å². The number of halogens is 2. The molecule has 1 aromatic heterocycles. The molecule has 2 rings (SSSR count). The van der Waals surface area contributed by atoms with Crippen LogP contribution in [0.1, 0.15) is 71.5 Å². The summed E-state index contributed by atoms with van der Waals surface area (Å²) >= 11 is 13.0. The van der Waals surface area contributed by atoms with Crippen molar-refractivity contribution < 1.29 is 9.16 Å². The van der Waals surface area contributed by atoms with Crippen molar-refractivity contribution in [1.29, 1.82) is 0 Å². The molecule has 1 unspecified atom stereocenters. The molecule has 0 aromatic carbocycles. The molecular weight excluding hydrogens is 385 g/mol. The fraction of sp³-hybridized carbons (Fsp3) is 0.750. The van der Waals surface area contributed by atoms with Crippen molar-refractivity contribution in [2.75, 3.05) is 6.61 Å². The minimum Gasteiger partial charge on any atom is -0.410 e. The highest BCUT2D eigenvalue weighted by Crippen LogP contribution is 2.40. The normalized spacial score (nSPS) is 21.9. The molecule has 1 saturated heterocycles. The Kier molecular flexibility index (Phi) is 8.42. The molecule has 26 heavy (non-hydrogen) atoms. The summed E-state index contributed by atoms with van der Waals surface area (Å²) in [6.45, 7) is 9.86. The molecule has 1 aliphatic heterocycles. The highest BCUT2D eigenvalue weighted by atomic mass is 35.5. The Labute approximate surface area is 169 Å². The second-order valence-corrected chi connectivity index (χ2v) is 13.2. The average Bonchev–Trinajstić information content (AvgIpc) is 3.06. The number of aromatic nitrogens is 1. The quantitative estimate of drug-likeness (QED) is 0.377. The summed E-state index contributed by atoms with van der Waals surface area (Å²) < 4.78 is 12.8. The van der Waals surface area contributed by atoms with Crippen LogP contribution in [0, 0.1) is 0 Å². The molecule has 148 valence electrons. The van der Waals surface area contributed by atoms with Crippen LogP contribution in [0.25, 0.3) is 0 Å². The lowest BCUT2D eigenvalue weighted by Gasteiger charge is -2.34. The second kappa shape index (κ2) is 9.88. The van der Waals surface area contributed by atoms with Gasteiger partial charge in [0.2, 0.25) is 0 Å². The summed E-state index contributed by atoms with van der Waals surface area (Å²) in [7, 11) is -1.78. The van der Waals surface area contributed by atoms with Gasteiger partial charge >= 0.3 is 0 Å². The number of ether oxygens (including phenoxy) is 1. The Balaban J connectivity index is 2.18. The third-order valence-corrected chi connectivity index (χ3v) is 11.3. The molecule has 0 saturated carbocycles. The number of rotatable bonds is 10. The molecule has 1 aliphatic rings. The highest BCUT2D eigenvalue weighted by molar-refractivity contribution is 6.73. The second-order valence-electron chi connectivity index (χ2n) is 7.66. The summed E-state index contributed by atoms with van der Waals surface area (Å²) in [5.41, 5.74) is 0.929. The Morgan fingerprint density at radius 2 is 1.81 bits per heavy atom. The van der Waals surface area contributed by atoms with Crippen molar-refractivity contribution in [3.8, 4) is 0 Å². The smallest absolute Gasteiger partial charge is 0.192 e.